The first kappa shape index (κ1) is 19.4. The molecule has 28 heavy (non-hydrogen) atoms. The Bertz CT molecular complexity index is 879. The highest BCUT2D eigenvalue weighted by Gasteiger charge is 2.33. The van der Waals surface area contributed by atoms with E-state index in [4.69, 9.17) is 4.74 Å². The molecule has 0 spiro atoms. The molecule has 146 valence electrons. The largest absolute Gasteiger partial charge is 0.497 e. The molecule has 1 heterocycles. The number of nitrogens with zero attached hydrogens (tertiary/aromatic N) is 2. The second-order valence-electron chi connectivity index (χ2n) is 6.72. The zero-order valence-corrected chi connectivity index (χ0v) is 16.0. The molecule has 0 bridgehead atoms. The van der Waals surface area contributed by atoms with E-state index in [0.717, 1.165) is 11.1 Å². The summed E-state index contributed by atoms with van der Waals surface area (Å²) in [6, 6.07) is 14.8. The van der Waals surface area contributed by atoms with Gasteiger partial charge in [-0.25, -0.2) is 0 Å². The molecule has 2 aromatic rings. The van der Waals surface area contributed by atoms with Crippen LogP contribution in [0.15, 0.2) is 48.5 Å². The highest BCUT2D eigenvalue weighted by Crippen LogP contribution is 2.17. The van der Waals surface area contributed by atoms with Crippen LogP contribution >= 0.6 is 0 Å². The molecular formula is C21H23N3O4. The number of amides is 3. The Morgan fingerprint density at radius 2 is 1.71 bits per heavy atom. The minimum atomic E-state index is -0.654. The van der Waals surface area contributed by atoms with Crippen molar-refractivity contribution >= 4 is 23.4 Å². The van der Waals surface area contributed by atoms with E-state index >= 15 is 0 Å². The van der Waals surface area contributed by atoms with Crippen molar-refractivity contribution in [2.45, 2.75) is 13.5 Å². The third-order valence-electron chi connectivity index (χ3n) is 4.58. The van der Waals surface area contributed by atoms with E-state index < -0.39 is 11.8 Å². The van der Waals surface area contributed by atoms with Gasteiger partial charge in [-0.15, -0.1) is 0 Å². The van der Waals surface area contributed by atoms with Crippen molar-refractivity contribution in [2.75, 3.05) is 32.1 Å². The third-order valence-corrected chi connectivity index (χ3v) is 4.58. The zero-order valence-electron chi connectivity index (χ0n) is 16.0. The number of methoxy groups -OCH3 is 1. The standard InChI is InChI=1S/C21H23N3O4/c1-15-6-8-16(9-7-15)13-23-10-11-24(21(27)20(23)26)14-19(25)22-17-4-3-5-18(12-17)28-2/h3-9,12H,10-11,13-14H2,1-2H3,(H,22,25). The van der Waals surface area contributed by atoms with Crippen molar-refractivity contribution in [2.24, 2.45) is 0 Å². The summed E-state index contributed by atoms with van der Waals surface area (Å²) in [4.78, 5) is 39.9. The fourth-order valence-electron chi connectivity index (χ4n) is 3.01. The molecule has 1 saturated heterocycles. The Balaban J connectivity index is 1.56. The summed E-state index contributed by atoms with van der Waals surface area (Å²) in [7, 11) is 1.54. The Labute approximate surface area is 163 Å². The fraction of sp³-hybridized carbons (Fsp3) is 0.286. The monoisotopic (exact) mass is 381 g/mol. The molecule has 1 aliphatic heterocycles. The number of hydrogen-bond donors (Lipinski definition) is 1. The molecule has 3 rings (SSSR count). The zero-order chi connectivity index (χ0) is 20.1. The van der Waals surface area contributed by atoms with Gasteiger partial charge < -0.3 is 19.9 Å². The van der Waals surface area contributed by atoms with E-state index in [-0.39, 0.29) is 12.5 Å². The van der Waals surface area contributed by atoms with Gasteiger partial charge >= 0.3 is 11.8 Å². The van der Waals surface area contributed by atoms with Gasteiger partial charge in [0.25, 0.3) is 0 Å². The average Bonchev–Trinajstić information content (AvgIpc) is 2.69. The van der Waals surface area contributed by atoms with Crippen LogP contribution in [0, 0.1) is 6.92 Å². The molecule has 1 fully saturated rings. The van der Waals surface area contributed by atoms with Gasteiger partial charge in [0.1, 0.15) is 12.3 Å². The van der Waals surface area contributed by atoms with E-state index in [2.05, 4.69) is 5.32 Å². The molecule has 0 atom stereocenters. The number of anilines is 1. The van der Waals surface area contributed by atoms with E-state index in [1.807, 2.05) is 31.2 Å². The highest BCUT2D eigenvalue weighted by atomic mass is 16.5. The summed E-state index contributed by atoms with van der Waals surface area (Å²) in [5, 5.41) is 2.72. The number of hydrogen-bond acceptors (Lipinski definition) is 4. The predicted octanol–water partition coefficient (Wildman–Crippen LogP) is 1.81. The van der Waals surface area contributed by atoms with Crippen LogP contribution in [0.3, 0.4) is 0 Å². The van der Waals surface area contributed by atoms with Crippen LogP contribution in [-0.2, 0) is 20.9 Å². The molecule has 0 radical (unpaired) electrons. The minimum Gasteiger partial charge on any atom is -0.497 e. The van der Waals surface area contributed by atoms with Gasteiger partial charge in [0.05, 0.1) is 7.11 Å². The van der Waals surface area contributed by atoms with Gasteiger partial charge in [0.15, 0.2) is 0 Å². The molecule has 0 aliphatic carbocycles. The number of aryl methyl sites for hydroxylation is 1. The second kappa shape index (κ2) is 8.56. The van der Waals surface area contributed by atoms with Crippen molar-refractivity contribution in [3.05, 3.63) is 59.7 Å². The van der Waals surface area contributed by atoms with E-state index in [1.54, 1.807) is 31.4 Å². The molecule has 0 unspecified atom stereocenters. The predicted molar refractivity (Wildman–Crippen MR) is 105 cm³/mol. The van der Waals surface area contributed by atoms with Crippen molar-refractivity contribution in [3.63, 3.8) is 0 Å². The van der Waals surface area contributed by atoms with Gasteiger partial charge in [-0.3, -0.25) is 14.4 Å². The fourth-order valence-corrected chi connectivity index (χ4v) is 3.01. The van der Waals surface area contributed by atoms with Crippen LogP contribution < -0.4 is 10.1 Å². The lowest BCUT2D eigenvalue weighted by Gasteiger charge is -2.33. The quantitative estimate of drug-likeness (QED) is 0.774. The summed E-state index contributed by atoms with van der Waals surface area (Å²) >= 11 is 0. The van der Waals surface area contributed by atoms with Crippen LogP contribution in [0.2, 0.25) is 0 Å². The molecule has 1 aliphatic rings. The lowest BCUT2D eigenvalue weighted by atomic mass is 10.1. The average molecular weight is 381 g/mol. The maximum Gasteiger partial charge on any atom is 0.312 e. The molecule has 2 aromatic carbocycles. The number of piperazine rings is 1. The van der Waals surface area contributed by atoms with Crippen molar-refractivity contribution in [1.82, 2.24) is 9.80 Å². The first-order chi connectivity index (χ1) is 13.5. The summed E-state index contributed by atoms with van der Waals surface area (Å²) in [6.45, 7) is 2.93. The maximum atomic E-state index is 12.4. The van der Waals surface area contributed by atoms with Gasteiger partial charge in [0.2, 0.25) is 5.91 Å². The van der Waals surface area contributed by atoms with Crippen LogP contribution in [0.4, 0.5) is 5.69 Å². The molecule has 3 amide bonds. The Kier molecular flexibility index (Phi) is 5.93. The summed E-state index contributed by atoms with van der Waals surface area (Å²) < 4.78 is 5.12. The molecule has 1 N–H and O–H groups in total. The number of carbonyl (C=O) groups excluding carboxylic acids is 3. The Morgan fingerprint density at radius 3 is 2.43 bits per heavy atom. The normalized spacial score (nSPS) is 14.2. The molecular weight excluding hydrogens is 358 g/mol. The third kappa shape index (κ3) is 4.68. The second-order valence-corrected chi connectivity index (χ2v) is 6.72. The van der Waals surface area contributed by atoms with Crippen LogP contribution in [0.1, 0.15) is 11.1 Å². The van der Waals surface area contributed by atoms with E-state index in [0.29, 0.717) is 31.1 Å². The lowest BCUT2D eigenvalue weighted by molar-refractivity contribution is -0.157. The minimum absolute atomic E-state index is 0.167. The molecule has 7 heteroatoms. The molecule has 0 aromatic heterocycles. The van der Waals surface area contributed by atoms with E-state index in [1.165, 1.54) is 9.80 Å². The SMILES string of the molecule is COc1cccc(NC(=O)CN2CCN(Cc3ccc(C)cc3)C(=O)C2=O)c1. The topological polar surface area (TPSA) is 79.0 Å². The summed E-state index contributed by atoms with van der Waals surface area (Å²) in [5.74, 6) is -0.977. The summed E-state index contributed by atoms with van der Waals surface area (Å²) in [6.07, 6.45) is 0. The summed E-state index contributed by atoms with van der Waals surface area (Å²) in [5.41, 5.74) is 2.68. The van der Waals surface area contributed by atoms with Crippen LogP contribution in [0.25, 0.3) is 0 Å². The maximum absolute atomic E-state index is 12.4. The van der Waals surface area contributed by atoms with E-state index in [9.17, 15) is 14.4 Å². The van der Waals surface area contributed by atoms with Crippen molar-refractivity contribution in [1.29, 1.82) is 0 Å². The Hall–Kier alpha value is -3.35. The highest BCUT2D eigenvalue weighted by molar-refractivity contribution is 6.35. The van der Waals surface area contributed by atoms with Crippen LogP contribution in [0.5, 0.6) is 5.75 Å². The number of nitrogens with one attached hydrogen (secondary N) is 1. The number of rotatable bonds is 6. The number of benzene rings is 2. The van der Waals surface area contributed by atoms with Crippen molar-refractivity contribution < 1.29 is 19.1 Å². The lowest BCUT2D eigenvalue weighted by Crippen LogP contribution is -2.55. The van der Waals surface area contributed by atoms with Crippen LogP contribution in [-0.4, -0.2) is 54.3 Å². The molecule has 0 saturated carbocycles. The van der Waals surface area contributed by atoms with Gasteiger partial charge in [-0.05, 0) is 24.6 Å². The smallest absolute Gasteiger partial charge is 0.312 e. The van der Waals surface area contributed by atoms with Gasteiger partial charge in [-0.1, -0.05) is 35.9 Å². The number of carbonyl (C=O) groups is 3. The number of ether oxygens (including phenoxy) is 1. The first-order valence-electron chi connectivity index (χ1n) is 9.04. The Morgan fingerprint density at radius 1 is 1.04 bits per heavy atom. The molecule has 7 nitrogen and oxygen atoms in total. The van der Waals surface area contributed by atoms with Crippen molar-refractivity contribution in [3.8, 4) is 5.75 Å². The van der Waals surface area contributed by atoms with Gasteiger partial charge in [0, 0.05) is 31.4 Å². The van der Waals surface area contributed by atoms with Gasteiger partial charge in [-0.2, -0.15) is 0 Å². The first-order valence-corrected chi connectivity index (χ1v) is 9.04.